The Balaban J connectivity index is 2.56. The van der Waals surface area contributed by atoms with Gasteiger partial charge in [-0.1, -0.05) is 12.1 Å². The number of amides is 1. The third-order valence-corrected chi connectivity index (χ3v) is 4.14. The number of nitrogens with two attached hydrogens (primary N) is 2. The molecular weight excluding hydrogens is 365 g/mol. The highest BCUT2D eigenvalue weighted by molar-refractivity contribution is 6.10. The van der Waals surface area contributed by atoms with E-state index in [0.717, 1.165) is 6.07 Å². The van der Waals surface area contributed by atoms with Gasteiger partial charge in [0.25, 0.3) is 11.5 Å². The molecule has 10 heteroatoms. The summed E-state index contributed by atoms with van der Waals surface area (Å²) in [5, 5.41) is 9.94. The largest absolute Gasteiger partial charge is 0.508 e. The highest BCUT2D eigenvalue weighted by atomic mass is 19.4. The van der Waals surface area contributed by atoms with E-state index in [0.29, 0.717) is 5.56 Å². The molecule has 3 rings (SSSR count). The van der Waals surface area contributed by atoms with Gasteiger partial charge in [-0.05, 0) is 30.2 Å². The van der Waals surface area contributed by atoms with E-state index in [-0.39, 0.29) is 39.2 Å². The molecule has 0 aliphatic carbocycles. The number of hydrogen-bond donors (Lipinski definition) is 4. The molecule has 0 saturated heterocycles. The van der Waals surface area contributed by atoms with Gasteiger partial charge in [-0.15, -0.1) is 0 Å². The van der Waals surface area contributed by atoms with Gasteiger partial charge < -0.3 is 21.6 Å². The molecule has 1 aromatic heterocycles. The minimum absolute atomic E-state index is 0.0450. The topological polar surface area (TPSA) is 135 Å². The number of fused-ring (bicyclic) bond motifs is 1. The lowest BCUT2D eigenvalue weighted by atomic mass is 9.94. The number of anilines is 1. The maximum atomic E-state index is 13.1. The summed E-state index contributed by atoms with van der Waals surface area (Å²) in [6.07, 6.45) is -5.00. The van der Waals surface area contributed by atoms with E-state index in [1.807, 2.05) is 0 Å². The number of aromatic hydroxyl groups is 1. The van der Waals surface area contributed by atoms with Crippen LogP contribution in [0.2, 0.25) is 0 Å². The molecule has 0 aliphatic heterocycles. The van der Waals surface area contributed by atoms with E-state index < -0.39 is 23.3 Å². The van der Waals surface area contributed by atoms with Gasteiger partial charge in [0, 0.05) is 5.56 Å². The highest BCUT2D eigenvalue weighted by Crippen LogP contribution is 2.39. The SMILES string of the molecule is Cc1c(O)cccc1-c1c(N)c(C(N)=O)cc2[nH]c(=O)c(C(F)(F)F)nc12. The van der Waals surface area contributed by atoms with Gasteiger partial charge >= 0.3 is 6.18 Å². The van der Waals surface area contributed by atoms with Crippen LogP contribution in [0.15, 0.2) is 29.1 Å². The monoisotopic (exact) mass is 378 g/mol. The first-order valence-electron chi connectivity index (χ1n) is 7.54. The van der Waals surface area contributed by atoms with Crippen LogP contribution in [0.3, 0.4) is 0 Å². The summed E-state index contributed by atoms with van der Waals surface area (Å²) in [4.78, 5) is 29.0. The van der Waals surface area contributed by atoms with E-state index in [1.165, 1.54) is 25.1 Å². The number of carbonyl (C=O) groups excluding carboxylic acids is 1. The second-order valence-electron chi connectivity index (χ2n) is 5.84. The number of alkyl halides is 3. The maximum Gasteiger partial charge on any atom is 0.438 e. The Morgan fingerprint density at radius 1 is 1.30 bits per heavy atom. The van der Waals surface area contributed by atoms with Crippen molar-refractivity contribution in [3.05, 3.63) is 51.4 Å². The normalized spacial score (nSPS) is 11.7. The van der Waals surface area contributed by atoms with Crippen molar-refractivity contribution in [3.63, 3.8) is 0 Å². The van der Waals surface area contributed by atoms with Crippen molar-refractivity contribution >= 4 is 22.6 Å². The number of nitrogens with zero attached hydrogens (tertiary/aromatic N) is 1. The van der Waals surface area contributed by atoms with Crippen LogP contribution in [0.4, 0.5) is 18.9 Å². The molecule has 1 amide bonds. The Morgan fingerprint density at radius 2 is 1.96 bits per heavy atom. The van der Waals surface area contributed by atoms with E-state index in [2.05, 4.69) is 9.97 Å². The van der Waals surface area contributed by atoms with Crippen molar-refractivity contribution in [2.75, 3.05) is 5.73 Å². The van der Waals surface area contributed by atoms with Crippen LogP contribution in [-0.2, 0) is 6.18 Å². The molecule has 140 valence electrons. The number of phenols is 1. The number of nitrogen functional groups attached to an aromatic ring is 1. The lowest BCUT2D eigenvalue weighted by Gasteiger charge is -2.16. The van der Waals surface area contributed by atoms with Crippen molar-refractivity contribution in [3.8, 4) is 16.9 Å². The fourth-order valence-corrected chi connectivity index (χ4v) is 2.81. The Hall–Kier alpha value is -3.56. The van der Waals surface area contributed by atoms with Crippen LogP contribution >= 0.6 is 0 Å². The van der Waals surface area contributed by atoms with Crippen LogP contribution in [0.25, 0.3) is 22.2 Å². The van der Waals surface area contributed by atoms with Gasteiger partial charge in [-0.3, -0.25) is 9.59 Å². The fourth-order valence-electron chi connectivity index (χ4n) is 2.81. The van der Waals surface area contributed by atoms with Gasteiger partial charge in [0.1, 0.15) is 5.75 Å². The predicted octanol–water partition coefficient (Wildman–Crippen LogP) is 2.30. The molecule has 7 nitrogen and oxygen atoms in total. The predicted molar refractivity (Wildman–Crippen MR) is 92.1 cm³/mol. The number of aromatic amines is 1. The molecule has 0 fully saturated rings. The van der Waals surface area contributed by atoms with Crippen molar-refractivity contribution in [2.24, 2.45) is 5.73 Å². The van der Waals surface area contributed by atoms with Crippen molar-refractivity contribution in [1.82, 2.24) is 9.97 Å². The summed E-state index contributed by atoms with van der Waals surface area (Å²) in [6.45, 7) is 1.52. The first-order chi connectivity index (χ1) is 12.5. The van der Waals surface area contributed by atoms with Crippen LogP contribution in [0.1, 0.15) is 21.6 Å². The Labute approximate surface area is 149 Å². The fraction of sp³-hybridized carbons (Fsp3) is 0.118. The number of halogens is 3. The number of nitrogens with one attached hydrogen (secondary N) is 1. The van der Waals surface area contributed by atoms with Crippen LogP contribution in [0, 0.1) is 6.92 Å². The first kappa shape index (κ1) is 18.2. The highest BCUT2D eigenvalue weighted by Gasteiger charge is 2.37. The molecule has 6 N–H and O–H groups in total. The van der Waals surface area contributed by atoms with Crippen LogP contribution in [0.5, 0.6) is 5.75 Å². The number of benzene rings is 2. The van der Waals surface area contributed by atoms with E-state index in [4.69, 9.17) is 11.5 Å². The molecule has 0 radical (unpaired) electrons. The average Bonchev–Trinajstić information content (AvgIpc) is 2.56. The molecule has 0 aliphatic rings. The first-order valence-corrected chi connectivity index (χ1v) is 7.54. The number of aromatic nitrogens is 2. The Morgan fingerprint density at radius 3 is 2.56 bits per heavy atom. The van der Waals surface area contributed by atoms with E-state index >= 15 is 0 Å². The van der Waals surface area contributed by atoms with Gasteiger partial charge in [0.2, 0.25) is 5.69 Å². The molecule has 0 unspecified atom stereocenters. The molecule has 27 heavy (non-hydrogen) atoms. The number of carbonyl (C=O) groups is 1. The van der Waals surface area contributed by atoms with E-state index in [9.17, 15) is 27.9 Å². The van der Waals surface area contributed by atoms with Crippen molar-refractivity contribution < 1.29 is 23.1 Å². The summed E-state index contributed by atoms with van der Waals surface area (Å²) in [5.41, 5.74) is 7.85. The number of primary amides is 1. The second-order valence-corrected chi connectivity index (χ2v) is 5.84. The molecule has 1 heterocycles. The van der Waals surface area contributed by atoms with E-state index in [1.54, 1.807) is 0 Å². The van der Waals surface area contributed by atoms with Crippen LogP contribution in [-0.4, -0.2) is 21.0 Å². The molecule has 0 atom stereocenters. The summed E-state index contributed by atoms with van der Waals surface area (Å²) < 4.78 is 39.4. The lowest BCUT2D eigenvalue weighted by molar-refractivity contribution is -0.142. The zero-order valence-electron chi connectivity index (χ0n) is 13.8. The second kappa shape index (κ2) is 6.01. The summed E-state index contributed by atoms with van der Waals surface area (Å²) in [7, 11) is 0. The molecule has 0 bridgehead atoms. The van der Waals surface area contributed by atoms with Gasteiger partial charge in [-0.25, -0.2) is 4.98 Å². The van der Waals surface area contributed by atoms with Crippen molar-refractivity contribution in [1.29, 1.82) is 0 Å². The minimum atomic E-state index is -5.00. The Kier molecular flexibility index (Phi) is 4.06. The molecule has 0 saturated carbocycles. The average molecular weight is 378 g/mol. The summed E-state index contributed by atoms with van der Waals surface area (Å²) in [6, 6.07) is 5.40. The molecule has 3 aromatic rings. The molecule has 2 aromatic carbocycles. The smallest absolute Gasteiger partial charge is 0.438 e. The van der Waals surface area contributed by atoms with Gasteiger partial charge in [0.05, 0.1) is 22.3 Å². The minimum Gasteiger partial charge on any atom is -0.508 e. The third kappa shape index (κ3) is 2.94. The van der Waals surface area contributed by atoms with Gasteiger partial charge in [-0.2, -0.15) is 13.2 Å². The number of hydrogen-bond acceptors (Lipinski definition) is 5. The van der Waals surface area contributed by atoms with Crippen molar-refractivity contribution in [2.45, 2.75) is 13.1 Å². The van der Waals surface area contributed by atoms with Crippen LogP contribution < -0.4 is 17.0 Å². The Bertz CT molecular complexity index is 1150. The summed E-state index contributed by atoms with van der Waals surface area (Å²) >= 11 is 0. The van der Waals surface area contributed by atoms with Gasteiger partial charge in [0.15, 0.2) is 0 Å². The standard InChI is InChI=1S/C17H13F3N4O3/c1-6-7(3-2-4-10(6)25)11-12(21)8(15(22)26)5-9-13(11)24-14(16(27)23-9)17(18,19)20/h2-5,25H,21H2,1H3,(H2,22,26)(H,23,27). The zero-order chi connectivity index (χ0) is 20.1. The number of rotatable bonds is 2. The quantitative estimate of drug-likeness (QED) is 0.508. The summed E-state index contributed by atoms with van der Waals surface area (Å²) in [5.74, 6) is -1.07. The lowest BCUT2D eigenvalue weighted by Crippen LogP contribution is -2.24. The maximum absolute atomic E-state index is 13.1. The zero-order valence-corrected chi connectivity index (χ0v) is 13.8. The third-order valence-electron chi connectivity index (χ3n) is 4.14. The molecule has 0 spiro atoms. The molecular formula is C17H13F3N4O3. The number of phenolic OH excluding ortho intramolecular Hbond substituents is 1. The number of H-pyrrole nitrogens is 1.